The van der Waals surface area contributed by atoms with Crippen molar-refractivity contribution >= 4 is 23.2 Å². The Balaban J connectivity index is 2.65. The first-order valence-electron chi connectivity index (χ1n) is 6.17. The molecule has 0 aliphatic carbocycles. The highest BCUT2D eigenvalue weighted by Crippen LogP contribution is 2.13. The van der Waals surface area contributed by atoms with Gasteiger partial charge in [-0.1, -0.05) is 13.8 Å². The zero-order valence-corrected chi connectivity index (χ0v) is 11.5. The van der Waals surface area contributed by atoms with Gasteiger partial charge in [0.25, 0.3) is 0 Å². The lowest BCUT2D eigenvalue weighted by atomic mass is 10.2. The van der Waals surface area contributed by atoms with Gasteiger partial charge in [-0.15, -0.1) is 0 Å². The van der Waals surface area contributed by atoms with Crippen molar-refractivity contribution in [1.29, 1.82) is 0 Å². The zero-order chi connectivity index (χ0) is 14.3. The lowest BCUT2D eigenvalue weighted by Gasteiger charge is -2.10. The molecule has 0 aliphatic heterocycles. The SMILES string of the molecule is CC(=O)Nc1ccc(NC(=NCC(C)C)NN)cc1. The van der Waals surface area contributed by atoms with E-state index < -0.39 is 0 Å². The molecule has 1 aromatic carbocycles. The van der Waals surface area contributed by atoms with E-state index in [-0.39, 0.29) is 5.91 Å². The van der Waals surface area contributed by atoms with E-state index in [2.05, 4.69) is 34.9 Å². The summed E-state index contributed by atoms with van der Waals surface area (Å²) in [5.74, 6) is 6.29. The predicted molar refractivity (Wildman–Crippen MR) is 78.8 cm³/mol. The number of aliphatic imine (C=N–C) groups is 1. The van der Waals surface area contributed by atoms with Crippen LogP contribution in [0.5, 0.6) is 0 Å². The molecule has 104 valence electrons. The van der Waals surface area contributed by atoms with Gasteiger partial charge in [0.2, 0.25) is 11.9 Å². The molecule has 1 amide bonds. The van der Waals surface area contributed by atoms with Crippen LogP contribution in [0.4, 0.5) is 11.4 Å². The Kier molecular flexibility index (Phi) is 5.81. The fraction of sp³-hybridized carbons (Fsp3) is 0.385. The standard InChI is InChI=1S/C13H21N5O/c1-9(2)8-15-13(18-14)17-12-6-4-11(5-7-12)16-10(3)19/h4-7,9H,8,14H2,1-3H3,(H,16,19)(H2,15,17,18). The molecule has 6 heteroatoms. The Morgan fingerprint density at radius 1 is 1.21 bits per heavy atom. The Hall–Kier alpha value is -2.08. The topological polar surface area (TPSA) is 91.5 Å². The monoisotopic (exact) mass is 263 g/mol. The third kappa shape index (κ3) is 5.87. The highest BCUT2D eigenvalue weighted by molar-refractivity contribution is 5.94. The number of hydrogen-bond acceptors (Lipinski definition) is 3. The number of amides is 1. The summed E-state index contributed by atoms with van der Waals surface area (Å²) in [4.78, 5) is 15.2. The van der Waals surface area contributed by atoms with E-state index in [1.165, 1.54) is 6.92 Å². The quantitative estimate of drug-likeness (QED) is 0.287. The number of rotatable bonds is 4. The van der Waals surface area contributed by atoms with Crippen molar-refractivity contribution in [3.05, 3.63) is 24.3 Å². The van der Waals surface area contributed by atoms with E-state index in [4.69, 9.17) is 5.84 Å². The molecule has 0 unspecified atom stereocenters. The van der Waals surface area contributed by atoms with Crippen molar-refractivity contribution in [2.45, 2.75) is 20.8 Å². The summed E-state index contributed by atoms with van der Waals surface area (Å²) in [5.41, 5.74) is 4.11. The number of carbonyl (C=O) groups excluding carboxylic acids is 1. The molecule has 5 N–H and O–H groups in total. The van der Waals surface area contributed by atoms with Crippen molar-refractivity contribution in [1.82, 2.24) is 5.43 Å². The highest BCUT2D eigenvalue weighted by atomic mass is 16.1. The molecule has 6 nitrogen and oxygen atoms in total. The van der Waals surface area contributed by atoms with Crippen LogP contribution in [-0.2, 0) is 4.79 Å². The van der Waals surface area contributed by atoms with Crippen LogP contribution in [0.2, 0.25) is 0 Å². The number of hydrogen-bond donors (Lipinski definition) is 4. The van der Waals surface area contributed by atoms with E-state index in [0.717, 1.165) is 11.4 Å². The molecule has 0 aromatic heterocycles. The van der Waals surface area contributed by atoms with Gasteiger partial charge in [-0.2, -0.15) is 0 Å². The Bertz CT molecular complexity index is 439. The third-order valence-electron chi connectivity index (χ3n) is 2.22. The van der Waals surface area contributed by atoms with E-state index in [1.807, 2.05) is 12.1 Å². The van der Waals surface area contributed by atoms with Crippen LogP contribution in [0.1, 0.15) is 20.8 Å². The average Bonchev–Trinajstić information content (AvgIpc) is 2.35. The summed E-state index contributed by atoms with van der Waals surface area (Å²) in [6.07, 6.45) is 0. The van der Waals surface area contributed by atoms with Crippen molar-refractivity contribution < 1.29 is 4.79 Å². The predicted octanol–water partition coefficient (Wildman–Crippen LogP) is 1.53. The minimum absolute atomic E-state index is 0.0940. The molecule has 0 aliphatic rings. The fourth-order valence-corrected chi connectivity index (χ4v) is 1.37. The number of guanidine groups is 1. The van der Waals surface area contributed by atoms with E-state index in [1.54, 1.807) is 12.1 Å². The number of nitrogens with two attached hydrogens (primary N) is 1. The maximum atomic E-state index is 10.9. The number of carbonyl (C=O) groups is 1. The van der Waals surface area contributed by atoms with Crippen LogP contribution in [0.15, 0.2) is 29.3 Å². The molecule has 0 bridgehead atoms. The van der Waals surface area contributed by atoms with E-state index >= 15 is 0 Å². The van der Waals surface area contributed by atoms with Gasteiger partial charge in [0.1, 0.15) is 0 Å². The van der Waals surface area contributed by atoms with E-state index in [0.29, 0.717) is 18.4 Å². The first-order valence-corrected chi connectivity index (χ1v) is 6.17. The van der Waals surface area contributed by atoms with Crippen LogP contribution in [0, 0.1) is 5.92 Å². The number of nitrogens with one attached hydrogen (secondary N) is 3. The molecule has 19 heavy (non-hydrogen) atoms. The first kappa shape index (κ1) is 15.0. The van der Waals surface area contributed by atoms with Crippen molar-refractivity contribution in [2.75, 3.05) is 17.2 Å². The lowest BCUT2D eigenvalue weighted by molar-refractivity contribution is -0.114. The Labute approximate surface area is 113 Å². The zero-order valence-electron chi connectivity index (χ0n) is 11.5. The smallest absolute Gasteiger partial charge is 0.221 e. The number of hydrazine groups is 1. The Morgan fingerprint density at radius 2 is 1.74 bits per heavy atom. The fourth-order valence-electron chi connectivity index (χ4n) is 1.37. The summed E-state index contributed by atoms with van der Waals surface area (Å²) in [7, 11) is 0. The molecule has 0 saturated heterocycles. The molecule has 0 heterocycles. The van der Waals surface area contributed by atoms with Gasteiger partial charge in [-0.3, -0.25) is 15.2 Å². The largest absolute Gasteiger partial charge is 0.326 e. The van der Waals surface area contributed by atoms with Crippen LogP contribution in [0.3, 0.4) is 0 Å². The maximum Gasteiger partial charge on any atom is 0.221 e. The Morgan fingerprint density at radius 3 is 2.16 bits per heavy atom. The molecular weight excluding hydrogens is 242 g/mol. The highest BCUT2D eigenvalue weighted by Gasteiger charge is 2.00. The summed E-state index contributed by atoms with van der Waals surface area (Å²) in [5, 5.41) is 5.77. The van der Waals surface area contributed by atoms with Crippen molar-refractivity contribution in [3.63, 3.8) is 0 Å². The molecule has 0 spiro atoms. The maximum absolute atomic E-state index is 10.9. The second-order valence-electron chi connectivity index (χ2n) is 4.61. The van der Waals surface area contributed by atoms with E-state index in [9.17, 15) is 4.79 Å². The van der Waals surface area contributed by atoms with Crippen LogP contribution in [-0.4, -0.2) is 18.4 Å². The van der Waals surface area contributed by atoms with Gasteiger partial charge in [0, 0.05) is 24.8 Å². The molecular formula is C13H21N5O. The second kappa shape index (κ2) is 7.38. The lowest BCUT2D eigenvalue weighted by Crippen LogP contribution is -2.36. The van der Waals surface area contributed by atoms with Gasteiger partial charge in [-0.25, -0.2) is 5.84 Å². The minimum Gasteiger partial charge on any atom is -0.326 e. The van der Waals surface area contributed by atoms with Crippen LogP contribution in [0.25, 0.3) is 0 Å². The van der Waals surface area contributed by atoms with Gasteiger partial charge in [-0.05, 0) is 30.2 Å². The second-order valence-corrected chi connectivity index (χ2v) is 4.61. The normalized spacial score (nSPS) is 11.3. The summed E-state index contributed by atoms with van der Waals surface area (Å²) < 4.78 is 0. The van der Waals surface area contributed by atoms with Crippen molar-refractivity contribution in [2.24, 2.45) is 16.8 Å². The molecule has 1 rings (SSSR count). The summed E-state index contributed by atoms with van der Waals surface area (Å²) in [6.45, 7) is 6.33. The van der Waals surface area contributed by atoms with Gasteiger partial charge < -0.3 is 10.6 Å². The van der Waals surface area contributed by atoms with Crippen LogP contribution >= 0.6 is 0 Å². The van der Waals surface area contributed by atoms with Crippen LogP contribution < -0.4 is 21.9 Å². The minimum atomic E-state index is -0.0940. The molecule has 1 aromatic rings. The molecule has 0 saturated carbocycles. The number of benzene rings is 1. The summed E-state index contributed by atoms with van der Waals surface area (Å²) in [6, 6.07) is 7.29. The van der Waals surface area contributed by atoms with Gasteiger partial charge in [0.15, 0.2) is 0 Å². The van der Waals surface area contributed by atoms with Crippen molar-refractivity contribution in [3.8, 4) is 0 Å². The molecule has 0 fully saturated rings. The number of nitrogens with zero attached hydrogens (tertiary/aromatic N) is 1. The van der Waals surface area contributed by atoms with Gasteiger partial charge >= 0.3 is 0 Å². The third-order valence-corrected chi connectivity index (χ3v) is 2.22. The molecule has 0 atom stereocenters. The molecule has 0 radical (unpaired) electrons. The van der Waals surface area contributed by atoms with Gasteiger partial charge in [0.05, 0.1) is 0 Å². The first-order chi connectivity index (χ1) is 9.01. The number of anilines is 2. The average molecular weight is 263 g/mol. The summed E-state index contributed by atoms with van der Waals surface area (Å²) >= 11 is 0.